The summed E-state index contributed by atoms with van der Waals surface area (Å²) in [5.74, 6) is 0. The van der Waals surface area contributed by atoms with Gasteiger partial charge in [0.15, 0.2) is 0 Å². The summed E-state index contributed by atoms with van der Waals surface area (Å²) in [5, 5.41) is 24.2. The highest BCUT2D eigenvalue weighted by Crippen LogP contribution is 2.58. The van der Waals surface area contributed by atoms with Gasteiger partial charge in [0.05, 0.1) is 11.8 Å². The van der Waals surface area contributed by atoms with Crippen LogP contribution in [0.3, 0.4) is 0 Å². The van der Waals surface area contributed by atoms with Gasteiger partial charge in [-0.25, -0.2) is 0 Å². The highest BCUT2D eigenvalue weighted by atomic mass is 31.2. The maximum atomic E-state index is 11.2. The second-order valence-corrected chi connectivity index (χ2v) is 10.4. The lowest BCUT2D eigenvalue weighted by Crippen LogP contribution is -2.32. The van der Waals surface area contributed by atoms with Crippen molar-refractivity contribution in [2.24, 2.45) is 0 Å². The molecule has 0 aliphatic heterocycles. The average Bonchev–Trinajstić information content (AvgIpc) is 2.79. The van der Waals surface area contributed by atoms with Crippen molar-refractivity contribution in [2.45, 2.75) is 6.16 Å². The van der Waals surface area contributed by atoms with Crippen molar-refractivity contribution in [3.63, 3.8) is 0 Å². The molecule has 4 heteroatoms. The van der Waals surface area contributed by atoms with E-state index in [4.69, 9.17) is 5.21 Å². The van der Waals surface area contributed by atoms with E-state index in [1.54, 1.807) is 12.1 Å². The summed E-state index contributed by atoms with van der Waals surface area (Å²) in [5.41, 5.74) is 1.36. The van der Waals surface area contributed by atoms with Crippen LogP contribution >= 0.6 is 7.26 Å². The Kier molecular flexibility index (Phi) is 5.73. The summed E-state index contributed by atoms with van der Waals surface area (Å²) in [6.07, 6.45) is 0.829. The predicted octanol–water partition coefficient (Wildman–Crippen LogP) is 4.87. The summed E-state index contributed by atoms with van der Waals surface area (Å²) in [6, 6.07) is 39.2. The van der Waals surface area contributed by atoms with Gasteiger partial charge in [-0.1, -0.05) is 66.7 Å². The molecule has 0 aliphatic rings. The van der Waals surface area contributed by atoms with Crippen molar-refractivity contribution in [3.05, 3.63) is 126 Å². The van der Waals surface area contributed by atoms with Crippen molar-refractivity contribution in [3.8, 4) is 0 Å². The van der Waals surface area contributed by atoms with Crippen LogP contribution in [0.4, 0.5) is 5.69 Å². The smallest absolute Gasteiger partial charge is 0.116 e. The van der Waals surface area contributed by atoms with E-state index in [9.17, 15) is 5.21 Å². The maximum absolute atomic E-state index is 11.2. The van der Waals surface area contributed by atoms with Crippen LogP contribution in [0.2, 0.25) is 0 Å². The monoisotopic (exact) mass is 399 g/mol. The Balaban J connectivity index is 1.92. The van der Waals surface area contributed by atoms with E-state index in [-0.39, 0.29) is 10.9 Å². The molecule has 0 amide bonds. The average molecular weight is 399 g/mol. The minimum absolute atomic E-state index is 0.0994. The Morgan fingerprint density at radius 3 is 1.31 bits per heavy atom. The Hall–Kier alpha value is -2.97. The number of hydrogen-bond donors (Lipinski definition) is 1. The molecule has 0 aromatic heterocycles. The zero-order valence-corrected chi connectivity index (χ0v) is 16.8. The molecular weight excluding hydrogens is 377 g/mol. The first kappa shape index (κ1) is 19.4. The molecule has 4 rings (SSSR count). The number of hydrogen-bond acceptors (Lipinski definition) is 3. The fraction of sp³-hybridized carbons (Fsp3) is 0.0400. The third-order valence-corrected chi connectivity index (χ3v) is 9.55. The molecule has 0 saturated carbocycles. The van der Waals surface area contributed by atoms with Crippen LogP contribution in [-0.2, 0) is 6.16 Å². The quantitative estimate of drug-likeness (QED) is 0.372. The van der Waals surface area contributed by atoms with E-state index < -0.39 is 7.26 Å². The Morgan fingerprint density at radius 1 is 0.586 bits per heavy atom. The molecule has 144 valence electrons. The third-order valence-electron chi connectivity index (χ3n) is 5.17. The fourth-order valence-electron chi connectivity index (χ4n) is 3.77. The summed E-state index contributed by atoms with van der Waals surface area (Å²) >= 11 is 0. The standard InChI is InChI=1S/C25H22NO2P/c27-26(28)22-18-16-21(17-19-22)20-29(23-10-4-1-5-11-23,24-12-6-2-7-13-24)25-14-8-3-9-15-25/h1-19,27H,20H2. The van der Waals surface area contributed by atoms with Crippen molar-refractivity contribution >= 4 is 28.9 Å². The molecule has 3 nitrogen and oxygen atoms in total. The molecule has 0 aliphatic carbocycles. The van der Waals surface area contributed by atoms with E-state index >= 15 is 0 Å². The molecule has 0 saturated heterocycles. The summed E-state index contributed by atoms with van der Waals surface area (Å²) in [7, 11) is -1.97. The fourth-order valence-corrected chi connectivity index (χ4v) is 8.02. The third kappa shape index (κ3) is 3.94. The molecule has 0 bridgehead atoms. The van der Waals surface area contributed by atoms with Gasteiger partial charge >= 0.3 is 0 Å². The summed E-state index contributed by atoms with van der Waals surface area (Å²) < 4.78 is 0. The molecule has 0 heterocycles. The highest BCUT2D eigenvalue weighted by molar-refractivity contribution is 7.95. The van der Waals surface area contributed by atoms with Crippen molar-refractivity contribution < 1.29 is 5.21 Å². The Labute approximate surface area is 171 Å². The zero-order valence-electron chi connectivity index (χ0n) is 15.9. The van der Waals surface area contributed by atoms with E-state index in [0.717, 1.165) is 11.7 Å². The van der Waals surface area contributed by atoms with Crippen LogP contribution in [0, 0.1) is 5.21 Å². The van der Waals surface area contributed by atoms with Gasteiger partial charge in [-0.3, -0.25) is 5.21 Å². The lowest BCUT2D eigenvalue weighted by molar-refractivity contribution is 0.296. The largest absolute Gasteiger partial charge is 0.733 e. The summed E-state index contributed by atoms with van der Waals surface area (Å²) in [6.45, 7) is 0. The van der Waals surface area contributed by atoms with Gasteiger partial charge in [0.25, 0.3) is 0 Å². The summed E-state index contributed by atoms with van der Waals surface area (Å²) in [4.78, 5) is 0. The van der Waals surface area contributed by atoms with Crippen LogP contribution < -0.4 is 21.1 Å². The van der Waals surface area contributed by atoms with Gasteiger partial charge in [-0.2, -0.15) is 0 Å². The number of rotatable bonds is 6. The van der Waals surface area contributed by atoms with E-state index in [2.05, 4.69) is 72.8 Å². The van der Waals surface area contributed by atoms with Gasteiger partial charge in [0, 0.05) is 0 Å². The lowest BCUT2D eigenvalue weighted by atomic mass is 10.2. The first-order chi connectivity index (χ1) is 14.2. The van der Waals surface area contributed by atoms with Gasteiger partial charge in [-0.15, -0.1) is 0 Å². The predicted molar refractivity (Wildman–Crippen MR) is 123 cm³/mol. The molecule has 4 aromatic rings. The van der Waals surface area contributed by atoms with Gasteiger partial charge < -0.3 is 10.4 Å². The molecular formula is C25H22NO2P. The van der Waals surface area contributed by atoms with E-state index in [1.807, 2.05) is 30.3 Å². The molecule has 1 N–H and O–H groups in total. The minimum Gasteiger partial charge on any atom is -0.733 e. The van der Waals surface area contributed by atoms with Gasteiger partial charge in [0.2, 0.25) is 0 Å². The van der Waals surface area contributed by atoms with Crippen molar-refractivity contribution in [1.29, 1.82) is 0 Å². The Bertz CT molecular complexity index is 940. The van der Waals surface area contributed by atoms with E-state index in [1.165, 1.54) is 15.9 Å². The van der Waals surface area contributed by atoms with Crippen molar-refractivity contribution in [1.82, 2.24) is 0 Å². The number of benzene rings is 4. The Morgan fingerprint density at radius 2 is 0.966 bits per heavy atom. The second-order valence-electron chi connectivity index (χ2n) is 6.91. The topological polar surface area (TPSA) is 46.5 Å². The molecule has 0 fully saturated rings. The maximum Gasteiger partial charge on any atom is 0.116 e. The molecule has 0 unspecified atom stereocenters. The van der Waals surface area contributed by atoms with Crippen molar-refractivity contribution in [2.75, 3.05) is 5.23 Å². The lowest BCUT2D eigenvalue weighted by Gasteiger charge is -2.28. The first-order valence-corrected chi connectivity index (χ1v) is 11.5. The van der Waals surface area contributed by atoms with Gasteiger partial charge in [0.1, 0.15) is 23.2 Å². The zero-order chi connectivity index (χ0) is 20.1. The SMILES string of the molecule is [O-]N(O)c1ccc(C[P+](c2ccccc2)(c2ccccc2)c2ccccc2)cc1. The van der Waals surface area contributed by atoms with Crippen LogP contribution in [0.15, 0.2) is 115 Å². The van der Waals surface area contributed by atoms with Crippen LogP contribution in [-0.4, -0.2) is 5.21 Å². The number of anilines is 1. The van der Waals surface area contributed by atoms with Gasteiger partial charge in [-0.05, 0) is 54.1 Å². The minimum atomic E-state index is -1.97. The molecule has 4 aromatic carbocycles. The van der Waals surface area contributed by atoms with E-state index in [0.29, 0.717) is 0 Å². The highest BCUT2D eigenvalue weighted by Gasteiger charge is 2.45. The first-order valence-electron chi connectivity index (χ1n) is 9.50. The molecule has 0 atom stereocenters. The molecule has 0 radical (unpaired) electrons. The van der Waals surface area contributed by atoms with Crippen LogP contribution in [0.25, 0.3) is 0 Å². The second kappa shape index (κ2) is 8.59. The van der Waals surface area contributed by atoms with Crippen LogP contribution in [0.5, 0.6) is 0 Å². The molecule has 29 heavy (non-hydrogen) atoms. The van der Waals surface area contributed by atoms with Crippen LogP contribution in [0.1, 0.15) is 5.56 Å². The number of nitrogens with zero attached hydrogens (tertiary/aromatic N) is 1. The normalized spacial score (nSPS) is 11.2. The molecule has 0 spiro atoms.